The highest BCUT2D eigenvalue weighted by molar-refractivity contribution is 8.00. The van der Waals surface area contributed by atoms with E-state index in [4.69, 9.17) is 9.47 Å². The first-order chi connectivity index (χ1) is 10.6. The molecule has 7 heteroatoms. The van der Waals surface area contributed by atoms with E-state index in [-0.39, 0.29) is 11.2 Å². The van der Waals surface area contributed by atoms with E-state index in [0.29, 0.717) is 11.6 Å². The van der Waals surface area contributed by atoms with Gasteiger partial charge in [0.15, 0.2) is 5.82 Å². The number of aromatic nitrogens is 2. The molecule has 1 amide bonds. The van der Waals surface area contributed by atoms with Crippen LogP contribution in [-0.2, 0) is 4.79 Å². The van der Waals surface area contributed by atoms with Crippen LogP contribution < -0.4 is 14.8 Å². The Labute approximate surface area is 132 Å². The molecule has 0 saturated heterocycles. The zero-order valence-corrected chi connectivity index (χ0v) is 13.4. The fraction of sp³-hybridized carbons (Fsp3) is 0.333. The van der Waals surface area contributed by atoms with Crippen LogP contribution in [0.2, 0.25) is 0 Å². The third kappa shape index (κ3) is 2.52. The summed E-state index contributed by atoms with van der Waals surface area (Å²) < 4.78 is 10.8. The number of carbonyl (C=O) groups excluding carboxylic acids is 1. The number of benzene rings is 1. The van der Waals surface area contributed by atoms with Crippen LogP contribution >= 0.6 is 11.8 Å². The summed E-state index contributed by atoms with van der Waals surface area (Å²) in [6.07, 6.45) is 0. The molecule has 2 N–H and O–H groups in total. The van der Waals surface area contributed by atoms with E-state index >= 15 is 0 Å². The summed E-state index contributed by atoms with van der Waals surface area (Å²) >= 11 is 1.55. The quantitative estimate of drug-likeness (QED) is 0.909. The summed E-state index contributed by atoms with van der Waals surface area (Å²) in [5.74, 6) is 2.41. The van der Waals surface area contributed by atoms with Crippen molar-refractivity contribution in [1.29, 1.82) is 0 Å². The molecule has 0 spiro atoms. The van der Waals surface area contributed by atoms with Crippen molar-refractivity contribution in [3.05, 3.63) is 35.0 Å². The average Bonchev–Trinajstić information content (AvgIpc) is 2.79. The molecule has 0 fully saturated rings. The third-order valence-electron chi connectivity index (χ3n) is 3.61. The largest absolute Gasteiger partial charge is 0.497 e. The zero-order valence-electron chi connectivity index (χ0n) is 12.6. The van der Waals surface area contributed by atoms with Crippen molar-refractivity contribution in [3.8, 4) is 11.5 Å². The monoisotopic (exact) mass is 319 g/mol. The van der Waals surface area contributed by atoms with Gasteiger partial charge in [-0.15, -0.1) is 11.8 Å². The fourth-order valence-electron chi connectivity index (χ4n) is 2.55. The Hall–Kier alpha value is -2.15. The molecule has 3 rings (SSSR count). The first-order valence-corrected chi connectivity index (χ1v) is 7.87. The molecule has 1 unspecified atom stereocenters. The predicted octanol–water partition coefficient (Wildman–Crippen LogP) is 2.51. The number of nitrogens with zero attached hydrogens (tertiary/aromatic N) is 1. The van der Waals surface area contributed by atoms with Gasteiger partial charge in [-0.25, -0.2) is 0 Å². The van der Waals surface area contributed by atoms with Crippen molar-refractivity contribution in [3.63, 3.8) is 0 Å². The molecule has 1 aromatic heterocycles. The molecule has 0 radical (unpaired) electrons. The van der Waals surface area contributed by atoms with E-state index in [1.165, 1.54) is 0 Å². The summed E-state index contributed by atoms with van der Waals surface area (Å²) in [5, 5.41) is 9.92. The Morgan fingerprint density at radius 2 is 2.14 bits per heavy atom. The van der Waals surface area contributed by atoms with Gasteiger partial charge in [0.25, 0.3) is 0 Å². The van der Waals surface area contributed by atoms with Gasteiger partial charge in [0.1, 0.15) is 11.5 Å². The summed E-state index contributed by atoms with van der Waals surface area (Å²) in [4.78, 5) is 11.9. The molecule has 6 nitrogen and oxygen atoms in total. The number of ether oxygens (including phenoxy) is 2. The van der Waals surface area contributed by atoms with Crippen LogP contribution in [0.5, 0.6) is 11.5 Å². The van der Waals surface area contributed by atoms with E-state index < -0.39 is 0 Å². The molecule has 116 valence electrons. The number of aromatic amines is 1. The number of hydrogen-bond donors (Lipinski definition) is 2. The minimum Gasteiger partial charge on any atom is -0.497 e. The summed E-state index contributed by atoms with van der Waals surface area (Å²) in [6.45, 7) is 1.95. The van der Waals surface area contributed by atoms with Gasteiger partial charge in [0.05, 0.1) is 25.2 Å². The maximum absolute atomic E-state index is 11.9. The smallest absolute Gasteiger partial charge is 0.235 e. The lowest BCUT2D eigenvalue weighted by atomic mass is 10.0. The molecule has 1 aliphatic heterocycles. The highest BCUT2D eigenvalue weighted by Gasteiger charge is 2.30. The van der Waals surface area contributed by atoms with Crippen molar-refractivity contribution in [2.24, 2.45) is 0 Å². The van der Waals surface area contributed by atoms with Gasteiger partial charge in [-0.3, -0.25) is 9.89 Å². The highest BCUT2D eigenvalue weighted by atomic mass is 32.2. The molecule has 0 aliphatic carbocycles. The van der Waals surface area contributed by atoms with Crippen LogP contribution in [0.25, 0.3) is 0 Å². The zero-order chi connectivity index (χ0) is 15.7. The Morgan fingerprint density at radius 1 is 1.32 bits per heavy atom. The predicted molar refractivity (Wildman–Crippen MR) is 85.8 cm³/mol. The maximum atomic E-state index is 11.9. The van der Waals surface area contributed by atoms with Crippen LogP contribution in [-0.4, -0.2) is 36.1 Å². The topological polar surface area (TPSA) is 76.2 Å². The molecule has 1 aromatic carbocycles. The van der Waals surface area contributed by atoms with Gasteiger partial charge in [-0.05, 0) is 25.1 Å². The van der Waals surface area contributed by atoms with Gasteiger partial charge >= 0.3 is 0 Å². The Bertz CT molecular complexity index is 714. The highest BCUT2D eigenvalue weighted by Crippen LogP contribution is 2.46. The Morgan fingerprint density at radius 3 is 2.86 bits per heavy atom. The molecule has 2 aromatic rings. The maximum Gasteiger partial charge on any atom is 0.235 e. The molecule has 22 heavy (non-hydrogen) atoms. The van der Waals surface area contributed by atoms with Crippen LogP contribution in [0.1, 0.15) is 22.1 Å². The van der Waals surface area contributed by atoms with E-state index in [2.05, 4.69) is 15.5 Å². The molecule has 0 bridgehead atoms. The molecular formula is C15H17N3O3S. The number of aryl methyl sites for hydroxylation is 1. The van der Waals surface area contributed by atoms with Crippen molar-refractivity contribution < 1.29 is 14.3 Å². The van der Waals surface area contributed by atoms with Gasteiger partial charge in [-0.1, -0.05) is 0 Å². The lowest BCUT2D eigenvalue weighted by Crippen LogP contribution is -2.12. The lowest BCUT2D eigenvalue weighted by Gasteiger charge is -2.19. The number of thioether (sulfide) groups is 1. The minimum absolute atomic E-state index is 0.0536. The third-order valence-corrected chi connectivity index (χ3v) is 4.87. The lowest BCUT2D eigenvalue weighted by molar-refractivity contribution is -0.113. The van der Waals surface area contributed by atoms with Gasteiger partial charge in [0.2, 0.25) is 5.91 Å². The van der Waals surface area contributed by atoms with Crippen LogP contribution in [0.3, 0.4) is 0 Å². The molecule has 1 atom stereocenters. The van der Waals surface area contributed by atoms with Gasteiger partial charge < -0.3 is 14.8 Å². The van der Waals surface area contributed by atoms with Crippen LogP contribution in [0.15, 0.2) is 18.2 Å². The number of anilines is 1. The van der Waals surface area contributed by atoms with Crippen molar-refractivity contribution in [2.45, 2.75) is 12.2 Å². The number of hydrogen-bond acceptors (Lipinski definition) is 5. The van der Waals surface area contributed by atoms with E-state index in [9.17, 15) is 4.79 Å². The average molecular weight is 319 g/mol. The molecule has 1 aliphatic rings. The van der Waals surface area contributed by atoms with Crippen molar-refractivity contribution in [1.82, 2.24) is 10.2 Å². The first-order valence-electron chi connectivity index (χ1n) is 6.82. The number of H-pyrrole nitrogens is 1. The minimum atomic E-state index is -0.0576. The first kappa shape index (κ1) is 14.8. The second kappa shape index (κ2) is 5.92. The molecule has 2 heterocycles. The normalized spacial score (nSPS) is 17.4. The SMILES string of the molecule is COc1ccc(OC)c(C2SCC(=O)Nc3n[nH]c(C)c32)c1. The van der Waals surface area contributed by atoms with Gasteiger partial charge in [-0.2, -0.15) is 5.10 Å². The number of nitrogens with one attached hydrogen (secondary N) is 2. The van der Waals surface area contributed by atoms with E-state index in [0.717, 1.165) is 28.3 Å². The van der Waals surface area contributed by atoms with Crippen molar-refractivity contribution in [2.75, 3.05) is 25.3 Å². The Balaban J connectivity index is 2.15. The number of carbonyl (C=O) groups is 1. The summed E-state index contributed by atoms with van der Waals surface area (Å²) in [6, 6.07) is 5.68. The van der Waals surface area contributed by atoms with Crippen LogP contribution in [0.4, 0.5) is 5.82 Å². The number of fused-ring (bicyclic) bond motifs is 1. The Kier molecular flexibility index (Phi) is 3.98. The standard InChI is InChI=1S/C15H17N3O3S/c1-8-13-14(22-7-12(19)16-15(13)18-17-8)10-6-9(20-2)4-5-11(10)21-3/h4-6,14H,7H2,1-3H3,(H2,16,17,18,19). The molecule has 0 saturated carbocycles. The summed E-state index contributed by atoms with van der Waals surface area (Å²) in [5.41, 5.74) is 2.87. The molecular weight excluding hydrogens is 302 g/mol. The van der Waals surface area contributed by atoms with Crippen molar-refractivity contribution >= 4 is 23.5 Å². The second-order valence-corrected chi connectivity index (χ2v) is 6.05. The fourth-order valence-corrected chi connectivity index (χ4v) is 3.76. The number of amides is 1. The van der Waals surface area contributed by atoms with Gasteiger partial charge in [0, 0.05) is 16.8 Å². The number of methoxy groups -OCH3 is 2. The van der Waals surface area contributed by atoms with Crippen LogP contribution in [0, 0.1) is 6.92 Å². The van der Waals surface area contributed by atoms with E-state index in [1.807, 2.05) is 25.1 Å². The van der Waals surface area contributed by atoms with E-state index in [1.54, 1.807) is 26.0 Å². The summed E-state index contributed by atoms with van der Waals surface area (Å²) in [7, 11) is 3.27. The number of rotatable bonds is 3. The second-order valence-electron chi connectivity index (χ2n) is 4.96.